The van der Waals surface area contributed by atoms with Crippen molar-refractivity contribution in [1.29, 1.82) is 0 Å². The van der Waals surface area contributed by atoms with Crippen molar-refractivity contribution in [2.24, 2.45) is 0 Å². The Bertz CT molecular complexity index is 140. The Morgan fingerprint density at radius 1 is 1.55 bits per heavy atom. The van der Waals surface area contributed by atoms with Gasteiger partial charge in [0, 0.05) is 6.54 Å². The van der Waals surface area contributed by atoms with E-state index in [1.807, 2.05) is 0 Å². The maximum Gasteiger partial charge on any atom is 0.237 e. The van der Waals surface area contributed by atoms with Gasteiger partial charge in [-0.2, -0.15) is 0 Å². The lowest BCUT2D eigenvalue weighted by Crippen LogP contribution is -2.27. The van der Waals surface area contributed by atoms with Gasteiger partial charge in [0.15, 0.2) is 0 Å². The van der Waals surface area contributed by atoms with Crippen molar-refractivity contribution >= 4 is 5.91 Å². The molecule has 11 heavy (non-hydrogen) atoms. The van der Waals surface area contributed by atoms with E-state index in [0.717, 1.165) is 6.42 Å². The van der Waals surface area contributed by atoms with Gasteiger partial charge in [0.2, 0.25) is 5.91 Å². The van der Waals surface area contributed by atoms with E-state index in [2.05, 4.69) is 5.32 Å². The van der Waals surface area contributed by atoms with E-state index in [1.54, 1.807) is 4.90 Å². The lowest BCUT2D eigenvalue weighted by Gasteiger charge is -2.12. The van der Waals surface area contributed by atoms with E-state index in [-0.39, 0.29) is 12.6 Å². The standard InChI is InChI=1S/C7H13FN2O/c8-3-1-2-4-10-6-9-5-7(10)11/h9H,1-6H2. The number of rotatable bonds is 4. The van der Waals surface area contributed by atoms with Crippen LogP contribution in [0.4, 0.5) is 4.39 Å². The summed E-state index contributed by atoms with van der Waals surface area (Å²) in [6.45, 7) is 1.48. The summed E-state index contributed by atoms with van der Waals surface area (Å²) in [5.41, 5.74) is 0. The topological polar surface area (TPSA) is 32.3 Å². The average molecular weight is 160 g/mol. The number of carbonyl (C=O) groups is 1. The highest BCUT2D eigenvalue weighted by molar-refractivity contribution is 5.79. The van der Waals surface area contributed by atoms with Crippen molar-refractivity contribution in [3.63, 3.8) is 0 Å². The van der Waals surface area contributed by atoms with E-state index < -0.39 is 0 Å². The van der Waals surface area contributed by atoms with Gasteiger partial charge >= 0.3 is 0 Å². The Kier molecular flexibility index (Phi) is 3.29. The molecule has 0 radical (unpaired) electrons. The number of alkyl halides is 1. The molecule has 0 aromatic rings. The van der Waals surface area contributed by atoms with Crippen LogP contribution in [0.15, 0.2) is 0 Å². The summed E-state index contributed by atoms with van der Waals surface area (Å²) >= 11 is 0. The maximum atomic E-state index is 11.6. The minimum atomic E-state index is -0.282. The van der Waals surface area contributed by atoms with Crippen LogP contribution in [-0.2, 0) is 4.79 Å². The van der Waals surface area contributed by atoms with E-state index in [9.17, 15) is 9.18 Å². The Morgan fingerprint density at radius 2 is 2.36 bits per heavy atom. The van der Waals surface area contributed by atoms with Crippen LogP contribution in [0.2, 0.25) is 0 Å². The largest absolute Gasteiger partial charge is 0.329 e. The molecule has 64 valence electrons. The first-order chi connectivity index (χ1) is 5.34. The Hall–Kier alpha value is -0.640. The summed E-state index contributed by atoms with van der Waals surface area (Å²) in [5, 5.41) is 2.93. The molecule has 0 atom stereocenters. The van der Waals surface area contributed by atoms with E-state index in [1.165, 1.54) is 0 Å². The minimum absolute atomic E-state index is 0.129. The Morgan fingerprint density at radius 3 is 2.91 bits per heavy atom. The molecule has 1 heterocycles. The van der Waals surface area contributed by atoms with Gasteiger partial charge in [-0.25, -0.2) is 0 Å². The number of halogens is 1. The van der Waals surface area contributed by atoms with Gasteiger partial charge in [0.1, 0.15) is 0 Å². The van der Waals surface area contributed by atoms with Gasteiger partial charge in [-0.3, -0.25) is 14.5 Å². The summed E-state index contributed by atoms with van der Waals surface area (Å²) in [6, 6.07) is 0. The molecule has 1 aliphatic heterocycles. The van der Waals surface area contributed by atoms with Crippen LogP contribution in [0, 0.1) is 0 Å². The van der Waals surface area contributed by atoms with Gasteiger partial charge in [0.25, 0.3) is 0 Å². The van der Waals surface area contributed by atoms with Gasteiger partial charge in [0.05, 0.1) is 19.9 Å². The number of nitrogens with zero attached hydrogens (tertiary/aromatic N) is 1. The molecule has 1 rings (SSSR count). The number of hydrogen-bond acceptors (Lipinski definition) is 2. The highest BCUT2D eigenvalue weighted by Gasteiger charge is 2.17. The molecule has 0 unspecified atom stereocenters. The molecule has 1 N–H and O–H groups in total. The smallest absolute Gasteiger partial charge is 0.237 e. The summed E-state index contributed by atoms with van der Waals surface area (Å²) < 4.78 is 11.6. The van der Waals surface area contributed by atoms with Crippen molar-refractivity contribution in [3.05, 3.63) is 0 Å². The number of hydrogen-bond donors (Lipinski definition) is 1. The summed E-state index contributed by atoms with van der Waals surface area (Å²) in [6.07, 6.45) is 1.33. The first kappa shape index (κ1) is 8.46. The molecular weight excluding hydrogens is 147 g/mol. The Labute approximate surface area is 65.6 Å². The van der Waals surface area contributed by atoms with Gasteiger partial charge in [-0.05, 0) is 12.8 Å². The zero-order valence-electron chi connectivity index (χ0n) is 6.48. The van der Waals surface area contributed by atoms with Crippen LogP contribution in [0.5, 0.6) is 0 Å². The highest BCUT2D eigenvalue weighted by Crippen LogP contribution is 1.98. The van der Waals surface area contributed by atoms with Gasteiger partial charge in [-0.15, -0.1) is 0 Å². The normalized spacial score (nSPS) is 17.9. The van der Waals surface area contributed by atoms with E-state index in [0.29, 0.717) is 26.2 Å². The van der Waals surface area contributed by atoms with Crippen LogP contribution in [0.25, 0.3) is 0 Å². The fourth-order valence-corrected chi connectivity index (χ4v) is 1.10. The number of unbranched alkanes of at least 4 members (excludes halogenated alkanes) is 1. The molecule has 0 spiro atoms. The van der Waals surface area contributed by atoms with Crippen molar-refractivity contribution in [2.75, 3.05) is 26.4 Å². The fraction of sp³-hybridized carbons (Fsp3) is 0.857. The molecule has 0 aromatic heterocycles. The second kappa shape index (κ2) is 4.28. The fourth-order valence-electron chi connectivity index (χ4n) is 1.10. The van der Waals surface area contributed by atoms with Crippen molar-refractivity contribution in [1.82, 2.24) is 10.2 Å². The van der Waals surface area contributed by atoms with Crippen LogP contribution in [0.3, 0.4) is 0 Å². The molecule has 1 fully saturated rings. The zero-order valence-corrected chi connectivity index (χ0v) is 6.48. The van der Waals surface area contributed by atoms with Crippen molar-refractivity contribution < 1.29 is 9.18 Å². The lowest BCUT2D eigenvalue weighted by molar-refractivity contribution is -0.126. The van der Waals surface area contributed by atoms with Crippen LogP contribution < -0.4 is 5.32 Å². The van der Waals surface area contributed by atoms with E-state index >= 15 is 0 Å². The molecule has 4 heteroatoms. The summed E-state index contributed by atoms with van der Waals surface area (Å²) in [5.74, 6) is 0.129. The monoisotopic (exact) mass is 160 g/mol. The molecule has 1 saturated heterocycles. The van der Waals surface area contributed by atoms with Crippen LogP contribution in [0.1, 0.15) is 12.8 Å². The average Bonchev–Trinajstić information content (AvgIpc) is 2.37. The van der Waals surface area contributed by atoms with E-state index in [4.69, 9.17) is 0 Å². The van der Waals surface area contributed by atoms with Gasteiger partial charge in [-0.1, -0.05) is 0 Å². The molecule has 1 amide bonds. The highest BCUT2D eigenvalue weighted by atomic mass is 19.1. The molecule has 0 bridgehead atoms. The SMILES string of the molecule is O=C1CNCN1CCCCF. The minimum Gasteiger partial charge on any atom is -0.329 e. The molecule has 0 saturated carbocycles. The lowest BCUT2D eigenvalue weighted by atomic mass is 10.3. The molecule has 3 nitrogen and oxygen atoms in total. The quantitative estimate of drug-likeness (QED) is 0.593. The third-order valence-electron chi connectivity index (χ3n) is 1.74. The van der Waals surface area contributed by atoms with Crippen molar-refractivity contribution in [2.45, 2.75) is 12.8 Å². The first-order valence-corrected chi connectivity index (χ1v) is 3.89. The molecule has 1 aliphatic rings. The maximum absolute atomic E-state index is 11.6. The third kappa shape index (κ3) is 2.46. The summed E-state index contributed by atoms with van der Waals surface area (Å²) in [7, 11) is 0. The zero-order chi connectivity index (χ0) is 8.10. The second-order valence-corrected chi connectivity index (χ2v) is 2.64. The molecular formula is C7H13FN2O. The second-order valence-electron chi connectivity index (χ2n) is 2.64. The number of carbonyl (C=O) groups excluding carboxylic acids is 1. The number of amides is 1. The van der Waals surface area contributed by atoms with Gasteiger partial charge < -0.3 is 4.90 Å². The molecule has 0 aromatic carbocycles. The number of nitrogens with one attached hydrogen (secondary N) is 1. The third-order valence-corrected chi connectivity index (χ3v) is 1.74. The Balaban J connectivity index is 2.10. The predicted octanol–water partition coefficient (Wildman–Crippen LogP) is 0.125. The predicted molar refractivity (Wildman–Crippen MR) is 39.8 cm³/mol. The van der Waals surface area contributed by atoms with Crippen LogP contribution >= 0.6 is 0 Å². The first-order valence-electron chi connectivity index (χ1n) is 3.89. The molecule has 0 aliphatic carbocycles. The van der Waals surface area contributed by atoms with Crippen molar-refractivity contribution in [3.8, 4) is 0 Å². The summed E-state index contributed by atoms with van der Waals surface area (Å²) in [4.78, 5) is 12.7. The van der Waals surface area contributed by atoms with Crippen LogP contribution in [-0.4, -0.2) is 37.2 Å².